The summed E-state index contributed by atoms with van der Waals surface area (Å²) in [5.41, 5.74) is 3.06. The third kappa shape index (κ3) is 2.16. The first-order valence-corrected chi connectivity index (χ1v) is 9.46. The zero-order chi connectivity index (χ0) is 17.1. The molecule has 0 saturated heterocycles. The number of hydrogen-bond acceptors (Lipinski definition) is 3. The van der Waals surface area contributed by atoms with Crippen LogP contribution >= 0.6 is 0 Å². The Hall–Kier alpha value is -1.38. The molecule has 0 N–H and O–H groups in total. The molecule has 3 nitrogen and oxygen atoms in total. The third-order valence-corrected chi connectivity index (χ3v) is 7.57. The van der Waals surface area contributed by atoms with Gasteiger partial charge >= 0.3 is 5.97 Å². The van der Waals surface area contributed by atoms with Crippen LogP contribution in [0.1, 0.15) is 65.7 Å². The number of esters is 1. The summed E-state index contributed by atoms with van der Waals surface area (Å²) < 4.78 is 5.48. The first-order valence-electron chi connectivity index (χ1n) is 9.46. The SMILES string of the molecule is CC(=O)O[C@@H]1CC[C@]2(C)C(=CC=C3[C@@H]4CCC(=O)[C@]4(C)CC[C@@H]32)C1. The van der Waals surface area contributed by atoms with E-state index >= 15 is 0 Å². The van der Waals surface area contributed by atoms with E-state index in [2.05, 4.69) is 26.0 Å². The summed E-state index contributed by atoms with van der Waals surface area (Å²) >= 11 is 0. The van der Waals surface area contributed by atoms with E-state index in [1.165, 1.54) is 18.1 Å². The maximum Gasteiger partial charge on any atom is 0.302 e. The van der Waals surface area contributed by atoms with E-state index in [1.807, 2.05) is 0 Å². The predicted molar refractivity (Wildman–Crippen MR) is 92.2 cm³/mol. The van der Waals surface area contributed by atoms with Crippen LogP contribution in [0.2, 0.25) is 0 Å². The molecule has 130 valence electrons. The standard InChI is InChI=1S/C21H28O3/c1-13(22)24-15-8-10-20(2)14(12-15)4-5-16-17-6-7-19(23)21(17,3)11-9-18(16)20/h4-5,15,17-18H,6-12H2,1-3H3/t15-,17+,18+,20-,21-/m1/s1. The van der Waals surface area contributed by atoms with E-state index in [4.69, 9.17) is 4.74 Å². The second-order valence-corrected chi connectivity index (χ2v) is 8.77. The van der Waals surface area contributed by atoms with Crippen molar-refractivity contribution in [2.75, 3.05) is 0 Å². The normalized spacial score (nSPS) is 44.0. The van der Waals surface area contributed by atoms with Crippen LogP contribution in [0, 0.1) is 22.7 Å². The Balaban J connectivity index is 1.65. The van der Waals surface area contributed by atoms with E-state index in [-0.39, 0.29) is 22.9 Å². The highest BCUT2D eigenvalue weighted by molar-refractivity contribution is 5.88. The fraction of sp³-hybridized carbons (Fsp3) is 0.714. The summed E-state index contributed by atoms with van der Waals surface area (Å²) in [5, 5.41) is 0. The molecule has 5 atom stereocenters. The molecule has 0 spiro atoms. The Labute approximate surface area is 144 Å². The van der Waals surface area contributed by atoms with Gasteiger partial charge in [0.1, 0.15) is 11.9 Å². The van der Waals surface area contributed by atoms with Crippen LogP contribution in [0.5, 0.6) is 0 Å². The molecule has 0 aliphatic heterocycles. The maximum atomic E-state index is 12.4. The molecule has 0 amide bonds. The van der Waals surface area contributed by atoms with Crippen LogP contribution in [0.4, 0.5) is 0 Å². The first-order chi connectivity index (χ1) is 11.3. The number of carbonyl (C=O) groups excluding carboxylic acids is 2. The molecule has 0 bridgehead atoms. The Kier molecular flexibility index (Phi) is 3.56. The van der Waals surface area contributed by atoms with Crippen molar-refractivity contribution in [2.24, 2.45) is 22.7 Å². The van der Waals surface area contributed by atoms with Gasteiger partial charge in [-0.1, -0.05) is 37.1 Å². The summed E-state index contributed by atoms with van der Waals surface area (Å²) in [4.78, 5) is 23.7. The quantitative estimate of drug-likeness (QED) is 0.671. The smallest absolute Gasteiger partial charge is 0.302 e. The van der Waals surface area contributed by atoms with Gasteiger partial charge in [-0.05, 0) is 49.4 Å². The molecule has 0 heterocycles. The topological polar surface area (TPSA) is 43.4 Å². The maximum absolute atomic E-state index is 12.4. The van der Waals surface area contributed by atoms with Crippen molar-refractivity contribution in [3.63, 3.8) is 0 Å². The van der Waals surface area contributed by atoms with Crippen molar-refractivity contribution in [1.82, 2.24) is 0 Å². The minimum atomic E-state index is -0.172. The Morgan fingerprint density at radius 1 is 1.08 bits per heavy atom. The van der Waals surface area contributed by atoms with Gasteiger partial charge in [0.05, 0.1) is 0 Å². The van der Waals surface area contributed by atoms with Crippen LogP contribution in [-0.2, 0) is 14.3 Å². The summed E-state index contributed by atoms with van der Waals surface area (Å²) in [6.45, 7) is 6.10. The number of fused-ring (bicyclic) bond motifs is 5. The lowest BCUT2D eigenvalue weighted by Crippen LogP contribution is -2.46. The van der Waals surface area contributed by atoms with Crippen molar-refractivity contribution in [1.29, 1.82) is 0 Å². The minimum absolute atomic E-state index is 0.0405. The summed E-state index contributed by atoms with van der Waals surface area (Å²) in [6.07, 6.45) is 11.5. The second kappa shape index (κ2) is 5.31. The zero-order valence-electron chi connectivity index (χ0n) is 15.1. The van der Waals surface area contributed by atoms with E-state index in [0.29, 0.717) is 17.6 Å². The molecule has 0 radical (unpaired) electrons. The fourth-order valence-corrected chi connectivity index (χ4v) is 6.08. The average molecular weight is 328 g/mol. The van der Waals surface area contributed by atoms with Crippen LogP contribution < -0.4 is 0 Å². The van der Waals surface area contributed by atoms with Gasteiger partial charge in [0.2, 0.25) is 0 Å². The van der Waals surface area contributed by atoms with Crippen molar-refractivity contribution < 1.29 is 14.3 Å². The number of rotatable bonds is 1. The van der Waals surface area contributed by atoms with E-state index in [1.54, 1.807) is 0 Å². The fourth-order valence-electron chi connectivity index (χ4n) is 6.08. The van der Waals surface area contributed by atoms with Gasteiger partial charge in [-0.15, -0.1) is 0 Å². The summed E-state index contributed by atoms with van der Waals surface area (Å²) in [6, 6.07) is 0. The van der Waals surface area contributed by atoms with Crippen molar-refractivity contribution in [2.45, 2.75) is 71.8 Å². The van der Waals surface area contributed by atoms with Gasteiger partial charge in [0, 0.05) is 25.2 Å². The highest BCUT2D eigenvalue weighted by Gasteiger charge is 2.56. The Bertz CT molecular complexity index is 658. The predicted octanol–water partition coefficient (Wildman–Crippen LogP) is 4.37. The molecule has 4 rings (SSSR count). The molecule has 0 aromatic heterocycles. The highest BCUT2D eigenvalue weighted by Crippen LogP contribution is 2.62. The lowest BCUT2D eigenvalue weighted by molar-refractivity contribution is -0.148. The second-order valence-electron chi connectivity index (χ2n) is 8.77. The van der Waals surface area contributed by atoms with Crippen LogP contribution in [0.15, 0.2) is 23.3 Å². The van der Waals surface area contributed by atoms with Gasteiger partial charge in [0.15, 0.2) is 0 Å². The average Bonchev–Trinajstić information content (AvgIpc) is 2.83. The number of hydrogen-bond donors (Lipinski definition) is 0. The van der Waals surface area contributed by atoms with E-state index < -0.39 is 0 Å². The Morgan fingerprint density at radius 2 is 1.79 bits per heavy atom. The van der Waals surface area contributed by atoms with E-state index in [0.717, 1.165) is 44.9 Å². The van der Waals surface area contributed by atoms with Gasteiger partial charge in [-0.2, -0.15) is 0 Å². The molecule has 4 aliphatic rings. The van der Waals surface area contributed by atoms with Crippen molar-refractivity contribution >= 4 is 11.8 Å². The summed E-state index contributed by atoms with van der Waals surface area (Å²) in [7, 11) is 0. The molecular weight excluding hydrogens is 300 g/mol. The number of ether oxygens (including phenoxy) is 1. The highest BCUT2D eigenvalue weighted by atomic mass is 16.5. The number of allylic oxidation sites excluding steroid dienone is 3. The molecular formula is C21H28O3. The lowest BCUT2D eigenvalue weighted by atomic mass is 9.51. The lowest BCUT2D eigenvalue weighted by Gasteiger charge is -2.53. The number of carbonyl (C=O) groups is 2. The van der Waals surface area contributed by atoms with Gasteiger partial charge in [-0.3, -0.25) is 9.59 Å². The van der Waals surface area contributed by atoms with Gasteiger partial charge < -0.3 is 4.74 Å². The molecule has 3 heteroatoms. The van der Waals surface area contributed by atoms with Gasteiger partial charge in [0.25, 0.3) is 0 Å². The van der Waals surface area contributed by atoms with Crippen molar-refractivity contribution in [3.05, 3.63) is 23.3 Å². The number of ketones is 1. The molecule has 3 saturated carbocycles. The largest absolute Gasteiger partial charge is 0.462 e. The van der Waals surface area contributed by atoms with Gasteiger partial charge in [-0.25, -0.2) is 0 Å². The monoisotopic (exact) mass is 328 g/mol. The molecule has 3 fully saturated rings. The van der Waals surface area contributed by atoms with Crippen LogP contribution in [-0.4, -0.2) is 17.9 Å². The summed E-state index contributed by atoms with van der Waals surface area (Å²) in [5.74, 6) is 1.32. The third-order valence-electron chi connectivity index (χ3n) is 7.57. The first kappa shape index (κ1) is 16.1. The van der Waals surface area contributed by atoms with Crippen LogP contribution in [0.3, 0.4) is 0 Å². The molecule has 0 unspecified atom stereocenters. The zero-order valence-corrected chi connectivity index (χ0v) is 15.1. The molecule has 24 heavy (non-hydrogen) atoms. The molecule has 0 aromatic carbocycles. The molecule has 0 aromatic rings. The minimum Gasteiger partial charge on any atom is -0.462 e. The number of Topliss-reactive ketones (excluding diaryl/α,β-unsaturated/α-hetero) is 1. The Morgan fingerprint density at radius 3 is 2.54 bits per heavy atom. The molecule has 4 aliphatic carbocycles. The van der Waals surface area contributed by atoms with E-state index in [9.17, 15) is 9.59 Å². The van der Waals surface area contributed by atoms with Crippen molar-refractivity contribution in [3.8, 4) is 0 Å². The van der Waals surface area contributed by atoms with Crippen LogP contribution in [0.25, 0.3) is 0 Å².